The summed E-state index contributed by atoms with van der Waals surface area (Å²) in [5.74, 6) is 0.0373. The average Bonchev–Trinajstić information content (AvgIpc) is 2.80. The Labute approximate surface area is 145 Å². The summed E-state index contributed by atoms with van der Waals surface area (Å²) >= 11 is 6.61. The summed E-state index contributed by atoms with van der Waals surface area (Å²) in [5, 5.41) is 12.7. The van der Waals surface area contributed by atoms with E-state index in [2.05, 4.69) is 44.1 Å². The van der Waals surface area contributed by atoms with Crippen LogP contribution in [-0.4, -0.2) is 11.0 Å². The van der Waals surface area contributed by atoms with E-state index in [-0.39, 0.29) is 11.7 Å². The lowest BCUT2D eigenvalue weighted by molar-refractivity contribution is -0.110. The Morgan fingerprint density at radius 3 is 2.50 bits per heavy atom. The molecule has 22 heavy (non-hydrogen) atoms. The maximum absolute atomic E-state index is 12.2. The fourth-order valence-corrected chi connectivity index (χ4v) is 3.66. The molecule has 0 atom stereocenters. The zero-order valence-corrected chi connectivity index (χ0v) is 15.0. The molecular formula is C17H13Br2NO2. The number of halogens is 2. The van der Waals surface area contributed by atoms with Gasteiger partial charge in [-0.05, 0) is 79.7 Å². The highest BCUT2D eigenvalue weighted by molar-refractivity contribution is 9.11. The molecule has 5 heteroatoms. The van der Waals surface area contributed by atoms with Gasteiger partial charge in [-0.1, -0.05) is 13.0 Å². The molecule has 0 aliphatic carbocycles. The Kier molecular flexibility index (Phi) is 4.10. The van der Waals surface area contributed by atoms with Gasteiger partial charge in [0, 0.05) is 16.8 Å². The highest BCUT2D eigenvalue weighted by atomic mass is 79.9. The summed E-state index contributed by atoms with van der Waals surface area (Å²) in [6.45, 7) is 2.09. The first kappa shape index (κ1) is 15.3. The van der Waals surface area contributed by atoms with E-state index in [1.807, 2.05) is 24.3 Å². The lowest BCUT2D eigenvalue weighted by atomic mass is 10.0. The van der Waals surface area contributed by atoms with E-state index in [0.29, 0.717) is 14.5 Å². The number of aryl methyl sites for hydroxylation is 1. The number of fused-ring (bicyclic) bond motifs is 1. The Hall–Kier alpha value is -1.59. The standard InChI is InChI=1S/C17H13Br2NO2/c1-2-9-3-4-15-11(5-9)12(17(22)20-15)6-10-7-13(18)16(21)14(19)8-10/h3-8,21H,2H2,1H3,(H,20,22). The van der Waals surface area contributed by atoms with Gasteiger partial charge in [0.25, 0.3) is 5.91 Å². The number of benzene rings is 2. The topological polar surface area (TPSA) is 49.3 Å². The number of phenols is 1. The van der Waals surface area contributed by atoms with E-state index in [4.69, 9.17) is 0 Å². The van der Waals surface area contributed by atoms with E-state index in [1.54, 1.807) is 12.1 Å². The molecule has 1 aliphatic rings. The maximum Gasteiger partial charge on any atom is 0.256 e. The van der Waals surface area contributed by atoms with Gasteiger partial charge in [0.15, 0.2) is 0 Å². The third kappa shape index (κ3) is 2.71. The smallest absolute Gasteiger partial charge is 0.256 e. The van der Waals surface area contributed by atoms with Crippen molar-refractivity contribution >= 4 is 55.1 Å². The number of hydrogen-bond donors (Lipinski definition) is 2. The third-order valence-electron chi connectivity index (χ3n) is 3.63. The van der Waals surface area contributed by atoms with E-state index >= 15 is 0 Å². The largest absolute Gasteiger partial charge is 0.506 e. The summed E-state index contributed by atoms with van der Waals surface area (Å²) in [7, 11) is 0. The zero-order valence-electron chi connectivity index (χ0n) is 11.8. The molecule has 2 aromatic rings. The van der Waals surface area contributed by atoms with Crippen LogP contribution in [-0.2, 0) is 11.2 Å². The Morgan fingerprint density at radius 1 is 1.18 bits per heavy atom. The minimum atomic E-state index is -0.108. The summed E-state index contributed by atoms with van der Waals surface area (Å²) in [4.78, 5) is 12.2. The van der Waals surface area contributed by atoms with Crippen LogP contribution in [0.15, 0.2) is 39.3 Å². The van der Waals surface area contributed by atoms with Gasteiger partial charge in [-0.3, -0.25) is 4.79 Å². The Morgan fingerprint density at radius 2 is 1.86 bits per heavy atom. The first-order valence-corrected chi connectivity index (χ1v) is 8.42. The molecule has 0 saturated heterocycles. The van der Waals surface area contributed by atoms with E-state index in [9.17, 15) is 9.90 Å². The lowest BCUT2D eigenvalue weighted by Crippen LogP contribution is -2.03. The highest BCUT2D eigenvalue weighted by Gasteiger charge is 2.24. The molecule has 2 aromatic carbocycles. The van der Waals surface area contributed by atoms with Crippen molar-refractivity contribution in [3.05, 3.63) is 56.0 Å². The SMILES string of the molecule is CCc1ccc2c(c1)C(=Cc1cc(Br)c(O)c(Br)c1)C(=O)N2. The molecule has 0 unspecified atom stereocenters. The van der Waals surface area contributed by atoms with Crippen LogP contribution in [0.2, 0.25) is 0 Å². The monoisotopic (exact) mass is 421 g/mol. The molecular weight excluding hydrogens is 410 g/mol. The molecule has 0 fully saturated rings. The molecule has 0 spiro atoms. The van der Waals surface area contributed by atoms with Gasteiger partial charge in [0.2, 0.25) is 0 Å². The third-order valence-corrected chi connectivity index (χ3v) is 4.83. The number of hydrogen-bond acceptors (Lipinski definition) is 2. The first-order chi connectivity index (χ1) is 10.5. The molecule has 0 aromatic heterocycles. The van der Waals surface area contributed by atoms with Crippen molar-refractivity contribution in [2.24, 2.45) is 0 Å². The summed E-state index contributed by atoms with van der Waals surface area (Å²) in [6.07, 6.45) is 2.75. The molecule has 3 rings (SSSR count). The van der Waals surface area contributed by atoms with Gasteiger partial charge >= 0.3 is 0 Å². The zero-order chi connectivity index (χ0) is 15.9. The fourth-order valence-electron chi connectivity index (χ4n) is 2.43. The van der Waals surface area contributed by atoms with Gasteiger partial charge in [0.05, 0.1) is 8.95 Å². The molecule has 3 nitrogen and oxygen atoms in total. The summed E-state index contributed by atoms with van der Waals surface area (Å²) in [6, 6.07) is 9.57. The molecule has 1 amide bonds. The highest BCUT2D eigenvalue weighted by Crippen LogP contribution is 2.37. The molecule has 112 valence electrons. The number of carbonyl (C=O) groups excluding carboxylic acids is 1. The summed E-state index contributed by atoms with van der Waals surface area (Å²) in [5.41, 5.74) is 4.41. The minimum Gasteiger partial charge on any atom is -0.506 e. The summed E-state index contributed by atoms with van der Waals surface area (Å²) < 4.78 is 1.16. The van der Waals surface area contributed by atoms with Crippen molar-refractivity contribution in [1.82, 2.24) is 0 Å². The van der Waals surface area contributed by atoms with Crippen LogP contribution in [0, 0.1) is 0 Å². The van der Waals surface area contributed by atoms with Crippen LogP contribution in [0.25, 0.3) is 11.6 Å². The molecule has 0 saturated carbocycles. The molecule has 0 bridgehead atoms. The number of anilines is 1. The van der Waals surface area contributed by atoms with E-state index in [1.165, 1.54) is 5.56 Å². The van der Waals surface area contributed by atoms with Crippen molar-refractivity contribution in [3.63, 3.8) is 0 Å². The Balaban J connectivity index is 2.11. The molecule has 0 radical (unpaired) electrons. The first-order valence-electron chi connectivity index (χ1n) is 6.84. The number of phenolic OH excluding ortho intramolecular Hbond substituents is 1. The van der Waals surface area contributed by atoms with Gasteiger partial charge in [-0.2, -0.15) is 0 Å². The van der Waals surface area contributed by atoms with Crippen LogP contribution in [0.3, 0.4) is 0 Å². The number of aromatic hydroxyl groups is 1. The normalized spacial score (nSPS) is 15.0. The van der Waals surface area contributed by atoms with E-state index < -0.39 is 0 Å². The minimum absolute atomic E-state index is 0.108. The van der Waals surface area contributed by atoms with Crippen LogP contribution in [0.1, 0.15) is 23.6 Å². The number of carbonyl (C=O) groups is 1. The van der Waals surface area contributed by atoms with Gasteiger partial charge in [-0.25, -0.2) is 0 Å². The number of rotatable bonds is 2. The Bertz CT molecular complexity index is 789. The second-order valence-electron chi connectivity index (χ2n) is 5.08. The van der Waals surface area contributed by atoms with Crippen LogP contribution in [0.5, 0.6) is 5.75 Å². The van der Waals surface area contributed by atoms with Crippen molar-refractivity contribution < 1.29 is 9.90 Å². The van der Waals surface area contributed by atoms with Gasteiger partial charge in [0.1, 0.15) is 5.75 Å². The van der Waals surface area contributed by atoms with Crippen LogP contribution < -0.4 is 5.32 Å². The second-order valence-corrected chi connectivity index (χ2v) is 6.79. The van der Waals surface area contributed by atoms with Crippen molar-refractivity contribution in [2.75, 3.05) is 5.32 Å². The molecule has 1 aliphatic heterocycles. The van der Waals surface area contributed by atoms with Gasteiger partial charge < -0.3 is 10.4 Å². The van der Waals surface area contributed by atoms with Crippen molar-refractivity contribution in [1.29, 1.82) is 0 Å². The molecule has 2 N–H and O–H groups in total. The molecule has 1 heterocycles. The second kappa shape index (κ2) is 5.89. The quantitative estimate of drug-likeness (QED) is 0.671. The van der Waals surface area contributed by atoms with Gasteiger partial charge in [-0.15, -0.1) is 0 Å². The lowest BCUT2D eigenvalue weighted by Gasteiger charge is -2.04. The van der Waals surface area contributed by atoms with Crippen molar-refractivity contribution in [3.8, 4) is 5.75 Å². The predicted molar refractivity (Wildman–Crippen MR) is 95.8 cm³/mol. The van der Waals surface area contributed by atoms with Crippen LogP contribution >= 0.6 is 31.9 Å². The van der Waals surface area contributed by atoms with E-state index in [0.717, 1.165) is 23.2 Å². The predicted octanol–water partition coefficient (Wildman–Crippen LogP) is 4.97. The maximum atomic E-state index is 12.2. The average molecular weight is 423 g/mol. The number of nitrogens with one attached hydrogen (secondary N) is 1. The number of amides is 1. The van der Waals surface area contributed by atoms with Crippen molar-refractivity contribution in [2.45, 2.75) is 13.3 Å². The fraction of sp³-hybridized carbons (Fsp3) is 0.118. The van der Waals surface area contributed by atoms with Crippen LogP contribution in [0.4, 0.5) is 5.69 Å².